The van der Waals surface area contributed by atoms with Gasteiger partial charge in [-0.2, -0.15) is 13.2 Å². The summed E-state index contributed by atoms with van der Waals surface area (Å²) in [5, 5.41) is 0. The summed E-state index contributed by atoms with van der Waals surface area (Å²) in [5.41, 5.74) is 4.89. The first-order valence-corrected chi connectivity index (χ1v) is 3.27. The van der Waals surface area contributed by atoms with Gasteiger partial charge in [0, 0.05) is 0 Å². The molecule has 0 unspecified atom stereocenters. The highest BCUT2D eigenvalue weighted by Crippen LogP contribution is 2.41. The molecule has 0 aromatic carbocycles. The van der Waals surface area contributed by atoms with Crippen molar-refractivity contribution in [1.82, 2.24) is 5.73 Å². The zero-order chi connectivity index (χ0) is 7.83. The molecule has 0 atom stereocenters. The lowest BCUT2D eigenvalue weighted by Crippen LogP contribution is -2.43. The van der Waals surface area contributed by atoms with Gasteiger partial charge < -0.3 is 0 Å². The Labute approximate surface area is 57.4 Å². The number of rotatable bonds is 0. The van der Waals surface area contributed by atoms with Gasteiger partial charge in [-0.15, -0.1) is 0 Å². The lowest BCUT2D eigenvalue weighted by atomic mass is 9.99. The van der Waals surface area contributed by atoms with Crippen LogP contribution in [0.1, 0.15) is 25.7 Å². The molecular formula is C6H9F3N. The molecule has 0 amide bonds. The van der Waals surface area contributed by atoms with Crippen molar-refractivity contribution in [3.05, 3.63) is 0 Å². The Balaban J connectivity index is 2.67. The van der Waals surface area contributed by atoms with E-state index in [1.54, 1.807) is 0 Å². The standard InChI is InChI=1S/C6H9F3N/c7-6(8,9)5(10)3-1-2-4-5/h10H,1-4H2. The average molecular weight is 152 g/mol. The summed E-state index contributed by atoms with van der Waals surface area (Å²) in [5.74, 6) is 0. The van der Waals surface area contributed by atoms with Crippen LogP contribution in [0.25, 0.3) is 0 Å². The molecule has 1 aliphatic carbocycles. The van der Waals surface area contributed by atoms with Crippen molar-refractivity contribution < 1.29 is 13.2 Å². The molecule has 1 N–H and O–H groups in total. The molecule has 0 aromatic rings. The van der Waals surface area contributed by atoms with E-state index in [4.69, 9.17) is 5.73 Å². The zero-order valence-electron chi connectivity index (χ0n) is 5.46. The first-order valence-electron chi connectivity index (χ1n) is 3.27. The molecule has 0 saturated heterocycles. The van der Waals surface area contributed by atoms with Gasteiger partial charge in [0.05, 0.1) is 0 Å². The SMILES string of the molecule is [NH]C1(C(F)(F)F)CCCC1. The molecule has 0 heterocycles. The largest absolute Gasteiger partial charge is 0.407 e. The van der Waals surface area contributed by atoms with E-state index >= 15 is 0 Å². The van der Waals surface area contributed by atoms with Crippen LogP contribution >= 0.6 is 0 Å². The minimum Gasteiger partial charge on any atom is -0.242 e. The van der Waals surface area contributed by atoms with Crippen LogP contribution in [0.5, 0.6) is 0 Å². The molecule has 0 aliphatic heterocycles. The minimum absolute atomic E-state index is 0.0174. The Morgan fingerprint density at radius 3 is 1.70 bits per heavy atom. The van der Waals surface area contributed by atoms with E-state index in [1.165, 1.54) is 0 Å². The zero-order valence-corrected chi connectivity index (χ0v) is 5.46. The van der Waals surface area contributed by atoms with Gasteiger partial charge in [0.2, 0.25) is 0 Å². The van der Waals surface area contributed by atoms with Crippen LogP contribution in [0.15, 0.2) is 0 Å². The Kier molecular flexibility index (Phi) is 1.66. The third kappa shape index (κ3) is 1.12. The van der Waals surface area contributed by atoms with Gasteiger partial charge in [-0.3, -0.25) is 0 Å². The molecule has 4 heteroatoms. The van der Waals surface area contributed by atoms with Crippen LogP contribution in [0.4, 0.5) is 13.2 Å². The van der Waals surface area contributed by atoms with Crippen molar-refractivity contribution >= 4 is 0 Å². The topological polar surface area (TPSA) is 23.8 Å². The van der Waals surface area contributed by atoms with Gasteiger partial charge in [0.15, 0.2) is 0 Å². The number of nitrogens with one attached hydrogen (secondary N) is 1. The highest BCUT2D eigenvalue weighted by molar-refractivity contribution is 4.94. The van der Waals surface area contributed by atoms with E-state index in [9.17, 15) is 13.2 Å². The summed E-state index contributed by atoms with van der Waals surface area (Å²) in [6.07, 6.45) is -3.26. The average Bonchev–Trinajstić information content (AvgIpc) is 2.13. The Bertz CT molecular complexity index is 123. The molecule has 1 saturated carbocycles. The number of hydrogen-bond donors (Lipinski definition) is 0. The van der Waals surface area contributed by atoms with Crippen molar-refractivity contribution in [1.29, 1.82) is 0 Å². The number of halogens is 3. The molecule has 10 heavy (non-hydrogen) atoms. The highest BCUT2D eigenvalue weighted by Gasteiger charge is 2.53. The van der Waals surface area contributed by atoms with E-state index in [-0.39, 0.29) is 12.8 Å². The molecule has 59 valence electrons. The van der Waals surface area contributed by atoms with Crippen molar-refractivity contribution in [2.45, 2.75) is 37.4 Å². The molecule has 0 bridgehead atoms. The maximum atomic E-state index is 12.0. The van der Waals surface area contributed by atoms with E-state index in [0.29, 0.717) is 12.8 Å². The smallest absolute Gasteiger partial charge is 0.242 e. The molecule has 1 rings (SSSR count). The van der Waals surface area contributed by atoms with Crippen molar-refractivity contribution in [3.8, 4) is 0 Å². The second-order valence-electron chi connectivity index (χ2n) is 2.79. The van der Waals surface area contributed by atoms with Crippen LogP contribution in [0, 0.1) is 0 Å². The summed E-state index contributed by atoms with van der Waals surface area (Å²) in [6, 6.07) is 0. The number of hydrogen-bond acceptors (Lipinski definition) is 0. The predicted molar refractivity (Wildman–Crippen MR) is 30.4 cm³/mol. The molecule has 1 aliphatic rings. The second kappa shape index (κ2) is 2.12. The lowest BCUT2D eigenvalue weighted by Gasteiger charge is -2.24. The Hall–Kier alpha value is -0.250. The van der Waals surface area contributed by atoms with E-state index in [1.807, 2.05) is 0 Å². The Morgan fingerprint density at radius 1 is 1.10 bits per heavy atom. The molecule has 1 radical (unpaired) electrons. The highest BCUT2D eigenvalue weighted by atomic mass is 19.4. The summed E-state index contributed by atoms with van der Waals surface area (Å²) in [4.78, 5) is 0. The van der Waals surface area contributed by atoms with Crippen LogP contribution in [0.3, 0.4) is 0 Å². The van der Waals surface area contributed by atoms with Crippen LogP contribution in [-0.4, -0.2) is 11.7 Å². The summed E-state index contributed by atoms with van der Waals surface area (Å²) >= 11 is 0. The quantitative estimate of drug-likeness (QED) is 0.507. The monoisotopic (exact) mass is 152 g/mol. The van der Waals surface area contributed by atoms with E-state index in [0.717, 1.165) is 0 Å². The third-order valence-corrected chi connectivity index (χ3v) is 2.00. The van der Waals surface area contributed by atoms with E-state index < -0.39 is 11.7 Å². The van der Waals surface area contributed by atoms with Gasteiger partial charge in [-0.05, 0) is 12.8 Å². The second-order valence-corrected chi connectivity index (χ2v) is 2.79. The van der Waals surface area contributed by atoms with Crippen LogP contribution in [0.2, 0.25) is 0 Å². The molecule has 0 aromatic heterocycles. The first-order chi connectivity index (χ1) is 4.46. The lowest BCUT2D eigenvalue weighted by molar-refractivity contribution is -0.186. The van der Waals surface area contributed by atoms with Crippen LogP contribution in [-0.2, 0) is 0 Å². The van der Waals surface area contributed by atoms with Gasteiger partial charge in [-0.25, -0.2) is 5.73 Å². The number of alkyl halides is 3. The van der Waals surface area contributed by atoms with Crippen LogP contribution < -0.4 is 5.73 Å². The van der Waals surface area contributed by atoms with Gasteiger partial charge >= 0.3 is 6.18 Å². The molecule has 1 nitrogen and oxygen atoms in total. The summed E-state index contributed by atoms with van der Waals surface area (Å²) in [6.45, 7) is 0. The van der Waals surface area contributed by atoms with Gasteiger partial charge in [0.25, 0.3) is 0 Å². The van der Waals surface area contributed by atoms with E-state index in [2.05, 4.69) is 0 Å². The third-order valence-electron chi connectivity index (χ3n) is 2.00. The summed E-state index contributed by atoms with van der Waals surface area (Å²) in [7, 11) is 0. The van der Waals surface area contributed by atoms with Gasteiger partial charge in [0.1, 0.15) is 5.54 Å². The minimum atomic E-state index is -4.32. The molecule has 1 fully saturated rings. The normalized spacial score (nSPS) is 25.2. The fourth-order valence-electron chi connectivity index (χ4n) is 1.26. The van der Waals surface area contributed by atoms with Crippen molar-refractivity contribution in [2.24, 2.45) is 0 Å². The predicted octanol–water partition coefficient (Wildman–Crippen LogP) is 2.14. The fourth-order valence-corrected chi connectivity index (χ4v) is 1.26. The van der Waals surface area contributed by atoms with Gasteiger partial charge in [-0.1, -0.05) is 12.8 Å². The fraction of sp³-hybridized carbons (Fsp3) is 1.00. The first kappa shape index (κ1) is 7.85. The molecular weight excluding hydrogens is 143 g/mol. The maximum Gasteiger partial charge on any atom is 0.407 e. The van der Waals surface area contributed by atoms with Crippen molar-refractivity contribution in [3.63, 3.8) is 0 Å². The maximum absolute atomic E-state index is 12.0. The van der Waals surface area contributed by atoms with Crippen molar-refractivity contribution in [2.75, 3.05) is 0 Å². The molecule has 0 spiro atoms. The summed E-state index contributed by atoms with van der Waals surface area (Å²) < 4.78 is 35.9. The Morgan fingerprint density at radius 2 is 1.50 bits per heavy atom.